The molecule has 1 atom stereocenters. The van der Waals surface area contributed by atoms with Crippen LogP contribution in [-0.4, -0.2) is 41.3 Å². The van der Waals surface area contributed by atoms with Gasteiger partial charge in [-0.1, -0.05) is 6.07 Å². The number of nitrogens with zero attached hydrogens (tertiary/aromatic N) is 1. The van der Waals surface area contributed by atoms with Crippen LogP contribution in [0.1, 0.15) is 33.7 Å². The molecule has 0 saturated carbocycles. The van der Waals surface area contributed by atoms with E-state index in [2.05, 4.69) is 10.3 Å². The van der Waals surface area contributed by atoms with E-state index in [1.807, 2.05) is 0 Å². The summed E-state index contributed by atoms with van der Waals surface area (Å²) in [6.07, 6.45) is 4.67. The van der Waals surface area contributed by atoms with Gasteiger partial charge in [0.15, 0.2) is 0 Å². The number of piperidine rings is 1. The Morgan fingerprint density at radius 1 is 1.33 bits per heavy atom. The second-order valence-corrected chi connectivity index (χ2v) is 5.91. The van der Waals surface area contributed by atoms with Crippen LogP contribution < -0.4 is 10.9 Å². The summed E-state index contributed by atoms with van der Waals surface area (Å²) in [4.78, 5) is 40.0. The van der Waals surface area contributed by atoms with Crippen molar-refractivity contribution in [3.63, 3.8) is 0 Å². The van der Waals surface area contributed by atoms with Gasteiger partial charge in [0.1, 0.15) is 12.0 Å². The SMILES string of the molecule is O=C(NCC1CCCN(C(=O)c2cccc(=O)[nH]2)C1)c1ccoc1. The fraction of sp³-hybridized carbons (Fsp3) is 0.353. The largest absolute Gasteiger partial charge is 0.472 e. The Labute approximate surface area is 138 Å². The highest BCUT2D eigenvalue weighted by molar-refractivity contribution is 5.94. The highest BCUT2D eigenvalue weighted by atomic mass is 16.3. The Kier molecular flexibility index (Phi) is 4.79. The number of aromatic nitrogens is 1. The first-order valence-corrected chi connectivity index (χ1v) is 7.92. The number of furan rings is 1. The topological polar surface area (TPSA) is 95.4 Å². The summed E-state index contributed by atoms with van der Waals surface area (Å²) in [6.45, 7) is 1.71. The molecule has 0 aromatic carbocycles. The van der Waals surface area contributed by atoms with Crippen LogP contribution in [0.25, 0.3) is 0 Å². The molecule has 0 bridgehead atoms. The van der Waals surface area contributed by atoms with Gasteiger partial charge in [0.05, 0.1) is 11.8 Å². The van der Waals surface area contributed by atoms with Crippen LogP contribution in [0, 0.1) is 5.92 Å². The normalized spacial score (nSPS) is 17.5. The van der Waals surface area contributed by atoms with Crippen LogP contribution in [0.15, 0.2) is 46.0 Å². The Morgan fingerprint density at radius 3 is 2.96 bits per heavy atom. The lowest BCUT2D eigenvalue weighted by Crippen LogP contribution is -2.44. The van der Waals surface area contributed by atoms with Gasteiger partial charge < -0.3 is 19.6 Å². The van der Waals surface area contributed by atoms with Gasteiger partial charge >= 0.3 is 0 Å². The van der Waals surface area contributed by atoms with E-state index >= 15 is 0 Å². The summed E-state index contributed by atoms with van der Waals surface area (Å²) in [5, 5.41) is 2.87. The number of amides is 2. The molecule has 2 amide bonds. The average Bonchev–Trinajstić information content (AvgIpc) is 3.14. The zero-order valence-corrected chi connectivity index (χ0v) is 13.2. The molecule has 2 N–H and O–H groups in total. The molecular weight excluding hydrogens is 310 g/mol. The number of carbonyl (C=O) groups excluding carboxylic acids is 2. The molecule has 7 heteroatoms. The van der Waals surface area contributed by atoms with Crippen molar-refractivity contribution in [2.45, 2.75) is 12.8 Å². The van der Waals surface area contributed by atoms with Gasteiger partial charge in [-0.3, -0.25) is 14.4 Å². The smallest absolute Gasteiger partial charge is 0.270 e. The average molecular weight is 329 g/mol. The van der Waals surface area contributed by atoms with Gasteiger partial charge in [-0.25, -0.2) is 0 Å². The predicted molar refractivity (Wildman–Crippen MR) is 86.7 cm³/mol. The second kappa shape index (κ2) is 7.16. The number of hydrogen-bond donors (Lipinski definition) is 2. The third kappa shape index (κ3) is 3.73. The van der Waals surface area contributed by atoms with Gasteiger partial charge in [-0.05, 0) is 30.9 Å². The molecule has 126 valence electrons. The van der Waals surface area contributed by atoms with Gasteiger partial charge in [-0.15, -0.1) is 0 Å². The molecule has 3 rings (SSSR count). The molecule has 0 radical (unpaired) electrons. The highest BCUT2D eigenvalue weighted by Gasteiger charge is 2.25. The molecule has 1 saturated heterocycles. The van der Waals surface area contributed by atoms with Gasteiger partial charge in [-0.2, -0.15) is 0 Å². The van der Waals surface area contributed by atoms with Gasteiger partial charge in [0.2, 0.25) is 5.56 Å². The zero-order valence-electron chi connectivity index (χ0n) is 13.2. The van der Waals surface area contributed by atoms with E-state index in [0.717, 1.165) is 12.8 Å². The molecule has 24 heavy (non-hydrogen) atoms. The Bertz CT molecular complexity index is 766. The third-order valence-electron chi connectivity index (χ3n) is 4.14. The fourth-order valence-corrected chi connectivity index (χ4v) is 2.89. The van der Waals surface area contributed by atoms with Crippen LogP contribution >= 0.6 is 0 Å². The van der Waals surface area contributed by atoms with Crippen LogP contribution in [0.5, 0.6) is 0 Å². The first-order valence-electron chi connectivity index (χ1n) is 7.92. The van der Waals surface area contributed by atoms with E-state index in [1.54, 1.807) is 23.1 Å². The summed E-state index contributed by atoms with van der Waals surface area (Å²) < 4.78 is 4.89. The van der Waals surface area contributed by atoms with Crippen molar-refractivity contribution in [2.24, 2.45) is 5.92 Å². The first-order chi connectivity index (χ1) is 11.6. The van der Waals surface area contributed by atoms with E-state index in [1.165, 1.54) is 18.6 Å². The molecule has 1 aliphatic heterocycles. The lowest BCUT2D eigenvalue weighted by Gasteiger charge is -2.32. The fourth-order valence-electron chi connectivity index (χ4n) is 2.89. The van der Waals surface area contributed by atoms with E-state index in [9.17, 15) is 14.4 Å². The number of nitrogens with one attached hydrogen (secondary N) is 2. The molecule has 7 nitrogen and oxygen atoms in total. The van der Waals surface area contributed by atoms with Crippen molar-refractivity contribution < 1.29 is 14.0 Å². The van der Waals surface area contributed by atoms with E-state index < -0.39 is 0 Å². The van der Waals surface area contributed by atoms with Crippen molar-refractivity contribution >= 4 is 11.8 Å². The van der Waals surface area contributed by atoms with E-state index in [-0.39, 0.29) is 23.3 Å². The van der Waals surface area contributed by atoms with Crippen molar-refractivity contribution in [1.29, 1.82) is 0 Å². The number of carbonyl (C=O) groups is 2. The maximum Gasteiger partial charge on any atom is 0.270 e. The van der Waals surface area contributed by atoms with Crippen molar-refractivity contribution in [1.82, 2.24) is 15.2 Å². The summed E-state index contributed by atoms with van der Waals surface area (Å²) in [6, 6.07) is 6.16. The molecule has 3 heterocycles. The van der Waals surface area contributed by atoms with E-state index in [4.69, 9.17) is 4.42 Å². The molecule has 2 aromatic heterocycles. The van der Waals surface area contributed by atoms with Gasteiger partial charge in [0, 0.05) is 25.7 Å². The maximum atomic E-state index is 12.5. The quantitative estimate of drug-likeness (QED) is 0.882. The number of aromatic amines is 1. The molecule has 1 aliphatic rings. The van der Waals surface area contributed by atoms with Crippen LogP contribution in [-0.2, 0) is 0 Å². The number of hydrogen-bond acceptors (Lipinski definition) is 4. The predicted octanol–water partition coefficient (Wildman–Crippen LogP) is 1.25. The van der Waals surface area contributed by atoms with Crippen LogP contribution in [0.2, 0.25) is 0 Å². The standard InChI is InChI=1S/C17H19N3O4/c21-15-5-1-4-14(19-15)17(23)20-7-2-3-12(10-20)9-18-16(22)13-6-8-24-11-13/h1,4-6,8,11-12H,2-3,7,9-10H2,(H,18,22)(H,19,21). The molecule has 0 spiro atoms. The highest BCUT2D eigenvalue weighted by Crippen LogP contribution is 2.17. The van der Waals surface area contributed by atoms with Crippen molar-refractivity contribution in [2.75, 3.05) is 19.6 Å². The first kappa shape index (κ1) is 16.0. The van der Waals surface area contributed by atoms with Crippen LogP contribution in [0.3, 0.4) is 0 Å². The molecule has 0 aliphatic carbocycles. The Hall–Kier alpha value is -2.83. The molecular formula is C17H19N3O4. The zero-order chi connectivity index (χ0) is 16.9. The molecule has 1 unspecified atom stereocenters. The summed E-state index contributed by atoms with van der Waals surface area (Å²) in [5.74, 6) is -0.174. The third-order valence-corrected chi connectivity index (χ3v) is 4.14. The Balaban J connectivity index is 1.57. The summed E-state index contributed by atoms with van der Waals surface area (Å²) in [5.41, 5.74) is 0.493. The van der Waals surface area contributed by atoms with Gasteiger partial charge in [0.25, 0.3) is 11.8 Å². The monoisotopic (exact) mass is 329 g/mol. The lowest BCUT2D eigenvalue weighted by atomic mass is 9.97. The van der Waals surface area contributed by atoms with E-state index in [0.29, 0.717) is 30.9 Å². The number of likely N-dealkylation sites (tertiary alicyclic amines) is 1. The second-order valence-electron chi connectivity index (χ2n) is 5.91. The minimum atomic E-state index is -0.290. The molecule has 2 aromatic rings. The van der Waals surface area contributed by atoms with Crippen molar-refractivity contribution in [3.05, 3.63) is 58.4 Å². The Morgan fingerprint density at radius 2 is 2.21 bits per heavy atom. The minimum Gasteiger partial charge on any atom is -0.472 e. The van der Waals surface area contributed by atoms with Crippen LogP contribution in [0.4, 0.5) is 0 Å². The number of H-pyrrole nitrogens is 1. The summed E-state index contributed by atoms with van der Waals surface area (Å²) in [7, 11) is 0. The number of pyridine rings is 1. The lowest BCUT2D eigenvalue weighted by molar-refractivity contribution is 0.0664. The molecule has 1 fully saturated rings. The maximum absolute atomic E-state index is 12.5. The minimum absolute atomic E-state index is 0.181. The number of rotatable bonds is 4. The summed E-state index contributed by atoms with van der Waals surface area (Å²) >= 11 is 0. The van der Waals surface area contributed by atoms with Crippen molar-refractivity contribution in [3.8, 4) is 0 Å².